The summed E-state index contributed by atoms with van der Waals surface area (Å²) in [4.78, 5) is 0. The van der Waals surface area contributed by atoms with Crippen molar-refractivity contribution in [3.8, 4) is 11.8 Å². The number of rotatable bonds is 2. The van der Waals surface area contributed by atoms with E-state index in [1.807, 2.05) is 18.2 Å². The summed E-state index contributed by atoms with van der Waals surface area (Å²) in [5.74, 6) is 6.06. The van der Waals surface area contributed by atoms with Crippen molar-refractivity contribution in [2.24, 2.45) is 17.4 Å². The van der Waals surface area contributed by atoms with Crippen molar-refractivity contribution in [1.82, 2.24) is 0 Å². The van der Waals surface area contributed by atoms with Crippen LogP contribution in [0.1, 0.15) is 0 Å². The van der Waals surface area contributed by atoms with Gasteiger partial charge in [0.2, 0.25) is 0 Å². The van der Waals surface area contributed by atoms with E-state index in [2.05, 4.69) is 11.8 Å². The molecule has 0 aromatic rings. The van der Waals surface area contributed by atoms with E-state index in [9.17, 15) is 0 Å². The lowest BCUT2D eigenvalue weighted by Crippen LogP contribution is -2.19. The zero-order chi connectivity index (χ0) is 8.10. The molecule has 11 heavy (non-hydrogen) atoms. The molecule has 2 heteroatoms. The van der Waals surface area contributed by atoms with Crippen molar-refractivity contribution in [3.05, 3.63) is 23.8 Å². The standard InChI is InChI=1S/C9H12N2/c10-6-8-4-2-1-3-5-9(8)7-11/h1-2,4,9H,6-7,10-11H2. The summed E-state index contributed by atoms with van der Waals surface area (Å²) in [5.41, 5.74) is 12.1. The van der Waals surface area contributed by atoms with Gasteiger partial charge >= 0.3 is 0 Å². The van der Waals surface area contributed by atoms with Gasteiger partial charge in [0.15, 0.2) is 0 Å². The lowest BCUT2D eigenvalue weighted by Gasteiger charge is -2.08. The quantitative estimate of drug-likeness (QED) is 0.542. The Balaban J connectivity index is 2.81. The highest BCUT2D eigenvalue weighted by molar-refractivity contribution is 5.33. The summed E-state index contributed by atoms with van der Waals surface area (Å²) in [7, 11) is 0. The fraction of sp³-hybridized carbons (Fsp3) is 0.333. The monoisotopic (exact) mass is 148 g/mol. The van der Waals surface area contributed by atoms with E-state index < -0.39 is 0 Å². The van der Waals surface area contributed by atoms with E-state index in [1.54, 1.807) is 0 Å². The van der Waals surface area contributed by atoms with Crippen LogP contribution in [0.4, 0.5) is 0 Å². The number of hydrogen-bond donors (Lipinski definition) is 2. The van der Waals surface area contributed by atoms with Gasteiger partial charge in [0.25, 0.3) is 0 Å². The molecule has 4 N–H and O–H groups in total. The molecule has 1 rings (SSSR count). The average molecular weight is 148 g/mol. The lowest BCUT2D eigenvalue weighted by molar-refractivity contribution is 0.773. The summed E-state index contributed by atoms with van der Waals surface area (Å²) in [6.45, 7) is 1.10. The summed E-state index contributed by atoms with van der Waals surface area (Å²) >= 11 is 0. The Kier molecular flexibility index (Phi) is 2.91. The Hall–Kier alpha value is -1.04. The molecule has 2 nitrogen and oxygen atoms in total. The molecule has 0 aliphatic heterocycles. The topological polar surface area (TPSA) is 52.0 Å². The maximum Gasteiger partial charge on any atom is 0.0553 e. The van der Waals surface area contributed by atoms with Crippen molar-refractivity contribution in [2.75, 3.05) is 13.1 Å². The highest BCUT2D eigenvalue weighted by atomic mass is 14.6. The Labute approximate surface area is 67.0 Å². The van der Waals surface area contributed by atoms with Crippen molar-refractivity contribution in [1.29, 1.82) is 0 Å². The second kappa shape index (κ2) is 3.97. The zero-order valence-electron chi connectivity index (χ0n) is 6.38. The van der Waals surface area contributed by atoms with Crippen LogP contribution in [0.3, 0.4) is 0 Å². The first-order valence-corrected chi connectivity index (χ1v) is 3.65. The average Bonchev–Trinajstić information content (AvgIpc) is 2.27. The molecule has 0 aromatic carbocycles. The van der Waals surface area contributed by atoms with Gasteiger partial charge in [-0.2, -0.15) is 0 Å². The molecule has 0 aromatic heterocycles. The van der Waals surface area contributed by atoms with E-state index in [-0.39, 0.29) is 5.92 Å². The third-order valence-corrected chi connectivity index (χ3v) is 1.67. The minimum Gasteiger partial charge on any atom is -0.329 e. The minimum atomic E-state index is 0.148. The van der Waals surface area contributed by atoms with E-state index >= 15 is 0 Å². The molecule has 0 fully saturated rings. The predicted octanol–water partition coefficient (Wildman–Crippen LogP) is 0.0196. The van der Waals surface area contributed by atoms with Gasteiger partial charge in [-0.1, -0.05) is 24.0 Å². The van der Waals surface area contributed by atoms with Crippen molar-refractivity contribution < 1.29 is 0 Å². The van der Waals surface area contributed by atoms with Crippen LogP contribution in [0.2, 0.25) is 0 Å². The smallest absolute Gasteiger partial charge is 0.0553 e. The largest absolute Gasteiger partial charge is 0.329 e. The molecule has 0 heterocycles. The van der Waals surface area contributed by atoms with E-state index in [4.69, 9.17) is 11.5 Å². The molecule has 58 valence electrons. The first kappa shape index (κ1) is 8.06. The van der Waals surface area contributed by atoms with Gasteiger partial charge < -0.3 is 11.5 Å². The zero-order valence-corrected chi connectivity index (χ0v) is 6.38. The maximum absolute atomic E-state index is 5.51. The SMILES string of the molecule is NCC1=CC=CC#CC1CN. The highest BCUT2D eigenvalue weighted by Crippen LogP contribution is 2.08. The van der Waals surface area contributed by atoms with Gasteiger partial charge in [0, 0.05) is 13.1 Å². The van der Waals surface area contributed by atoms with Crippen LogP contribution in [-0.2, 0) is 0 Å². The fourth-order valence-corrected chi connectivity index (χ4v) is 0.998. The molecule has 1 atom stereocenters. The Morgan fingerprint density at radius 1 is 1.45 bits per heavy atom. The van der Waals surface area contributed by atoms with Crippen molar-refractivity contribution in [3.63, 3.8) is 0 Å². The van der Waals surface area contributed by atoms with Crippen LogP contribution in [0.15, 0.2) is 23.8 Å². The molecule has 1 aliphatic rings. The molecule has 0 radical (unpaired) electrons. The lowest BCUT2D eigenvalue weighted by atomic mass is 10.0. The summed E-state index contributed by atoms with van der Waals surface area (Å²) < 4.78 is 0. The van der Waals surface area contributed by atoms with Gasteiger partial charge in [-0.05, 0) is 11.6 Å². The molecule has 0 bridgehead atoms. The summed E-state index contributed by atoms with van der Waals surface area (Å²) in [6, 6.07) is 0. The van der Waals surface area contributed by atoms with Gasteiger partial charge in [-0.3, -0.25) is 0 Å². The second-order valence-electron chi connectivity index (χ2n) is 2.38. The maximum atomic E-state index is 5.51. The fourth-order valence-electron chi connectivity index (χ4n) is 0.998. The summed E-state index contributed by atoms with van der Waals surface area (Å²) in [6.07, 6.45) is 5.70. The molecule has 0 saturated carbocycles. The molecular weight excluding hydrogens is 136 g/mol. The van der Waals surface area contributed by atoms with Crippen LogP contribution in [0, 0.1) is 17.8 Å². The Morgan fingerprint density at radius 2 is 2.27 bits per heavy atom. The predicted molar refractivity (Wildman–Crippen MR) is 46.6 cm³/mol. The molecule has 0 spiro atoms. The number of allylic oxidation sites excluding steroid dienone is 3. The Morgan fingerprint density at radius 3 is 2.91 bits per heavy atom. The van der Waals surface area contributed by atoms with Gasteiger partial charge in [0.05, 0.1) is 5.92 Å². The van der Waals surface area contributed by atoms with E-state index in [1.165, 1.54) is 0 Å². The van der Waals surface area contributed by atoms with Crippen LogP contribution in [-0.4, -0.2) is 13.1 Å². The third-order valence-electron chi connectivity index (χ3n) is 1.67. The Bertz CT molecular complexity index is 240. The van der Waals surface area contributed by atoms with Crippen molar-refractivity contribution in [2.45, 2.75) is 0 Å². The first-order chi connectivity index (χ1) is 5.38. The van der Waals surface area contributed by atoms with Gasteiger partial charge in [-0.15, -0.1) is 0 Å². The first-order valence-electron chi connectivity index (χ1n) is 3.65. The van der Waals surface area contributed by atoms with Gasteiger partial charge in [0.1, 0.15) is 0 Å². The third kappa shape index (κ3) is 1.94. The minimum absolute atomic E-state index is 0.148. The molecule has 0 saturated heterocycles. The summed E-state index contributed by atoms with van der Waals surface area (Å²) in [5, 5.41) is 0. The van der Waals surface area contributed by atoms with Gasteiger partial charge in [-0.25, -0.2) is 0 Å². The van der Waals surface area contributed by atoms with Crippen LogP contribution in [0.25, 0.3) is 0 Å². The van der Waals surface area contributed by atoms with Crippen molar-refractivity contribution >= 4 is 0 Å². The molecule has 1 aliphatic carbocycles. The molecular formula is C9H12N2. The normalized spacial score (nSPS) is 21.6. The van der Waals surface area contributed by atoms with E-state index in [0.717, 1.165) is 5.57 Å². The van der Waals surface area contributed by atoms with E-state index in [0.29, 0.717) is 13.1 Å². The van der Waals surface area contributed by atoms with Crippen LogP contribution >= 0.6 is 0 Å². The molecule has 1 unspecified atom stereocenters. The second-order valence-corrected chi connectivity index (χ2v) is 2.38. The van der Waals surface area contributed by atoms with Crippen LogP contribution < -0.4 is 11.5 Å². The molecule has 0 amide bonds. The number of nitrogens with two attached hydrogens (primary N) is 2. The van der Waals surface area contributed by atoms with Crippen LogP contribution in [0.5, 0.6) is 0 Å². The number of hydrogen-bond acceptors (Lipinski definition) is 2. The highest BCUT2D eigenvalue weighted by Gasteiger charge is 2.07.